The number of likely N-dealkylation sites (tertiary alicyclic amines) is 1. The zero-order valence-corrected chi connectivity index (χ0v) is 27.5. The fourth-order valence-electron chi connectivity index (χ4n) is 11.5. The molecule has 6 rings (SSSR count). The van der Waals surface area contributed by atoms with Gasteiger partial charge in [0.05, 0.1) is 12.2 Å². The van der Waals surface area contributed by atoms with Crippen molar-refractivity contribution < 1.29 is 19.8 Å². The summed E-state index contributed by atoms with van der Waals surface area (Å²) in [6, 6.07) is -0.114. The Morgan fingerprint density at radius 3 is 2.33 bits per heavy atom. The molecule has 6 fully saturated rings. The van der Waals surface area contributed by atoms with E-state index >= 15 is 0 Å². The Morgan fingerprint density at radius 2 is 1.56 bits per heavy atom. The summed E-state index contributed by atoms with van der Waals surface area (Å²) in [5.74, 6) is 2.98. The number of carbonyl (C=O) groups excluding carboxylic acids is 2. The molecule has 2 amide bonds. The zero-order valence-electron chi connectivity index (χ0n) is 27.5. The fraction of sp³-hybridized carbons (Fsp3) is 0.944. The number of nitrogens with zero attached hydrogens (tertiary/aromatic N) is 3. The molecule has 0 spiro atoms. The predicted octanol–water partition coefficient (Wildman–Crippen LogP) is 5.23. The number of aliphatic hydroxyl groups excluding tert-OH is 2. The van der Waals surface area contributed by atoms with Crippen LogP contribution in [-0.4, -0.2) is 93.7 Å². The second kappa shape index (κ2) is 12.9. The van der Waals surface area contributed by atoms with Crippen molar-refractivity contribution in [2.24, 2.45) is 34.5 Å². The van der Waals surface area contributed by atoms with Crippen molar-refractivity contribution in [1.82, 2.24) is 14.7 Å². The Kier molecular flexibility index (Phi) is 9.54. The first-order valence-corrected chi connectivity index (χ1v) is 18.4. The second-order valence-corrected chi connectivity index (χ2v) is 16.1. The first-order valence-electron chi connectivity index (χ1n) is 18.4. The van der Waals surface area contributed by atoms with E-state index in [-0.39, 0.29) is 46.9 Å². The van der Waals surface area contributed by atoms with Crippen molar-refractivity contribution in [3.63, 3.8) is 0 Å². The molecular formula is C36H61N3O4. The van der Waals surface area contributed by atoms with Crippen molar-refractivity contribution in [2.75, 3.05) is 32.7 Å². The van der Waals surface area contributed by atoms with E-state index in [1.807, 2.05) is 9.80 Å². The van der Waals surface area contributed by atoms with Crippen LogP contribution in [0.25, 0.3) is 0 Å². The highest BCUT2D eigenvalue weighted by atomic mass is 16.3. The largest absolute Gasteiger partial charge is 0.393 e. The molecule has 10 atom stereocenters. The van der Waals surface area contributed by atoms with E-state index in [4.69, 9.17) is 0 Å². The first kappa shape index (κ1) is 31.8. The molecule has 7 heteroatoms. The van der Waals surface area contributed by atoms with Crippen LogP contribution < -0.4 is 0 Å². The molecule has 0 aromatic rings. The van der Waals surface area contributed by atoms with E-state index in [0.29, 0.717) is 37.3 Å². The molecule has 2 aliphatic heterocycles. The Bertz CT molecular complexity index is 999. The molecule has 2 heterocycles. The van der Waals surface area contributed by atoms with Crippen LogP contribution in [0.5, 0.6) is 0 Å². The number of carbonyl (C=O) groups is 2. The maximum Gasteiger partial charge on any atom is 0.245 e. The van der Waals surface area contributed by atoms with Crippen LogP contribution >= 0.6 is 0 Å². The van der Waals surface area contributed by atoms with Gasteiger partial charge in [-0.25, -0.2) is 0 Å². The molecule has 0 unspecified atom stereocenters. The average Bonchev–Trinajstić information content (AvgIpc) is 3.61. The molecule has 2 saturated heterocycles. The monoisotopic (exact) mass is 599 g/mol. The van der Waals surface area contributed by atoms with Crippen molar-refractivity contribution in [3.05, 3.63) is 0 Å². The maximum atomic E-state index is 13.7. The van der Waals surface area contributed by atoms with Gasteiger partial charge < -0.3 is 20.0 Å². The number of fused-ring (bicyclic) bond motifs is 5. The first-order chi connectivity index (χ1) is 20.7. The molecule has 0 aromatic heterocycles. The van der Waals surface area contributed by atoms with Crippen LogP contribution in [0.15, 0.2) is 0 Å². The lowest BCUT2D eigenvalue weighted by molar-refractivity contribution is -0.158. The van der Waals surface area contributed by atoms with Gasteiger partial charge in [0, 0.05) is 45.2 Å². The second-order valence-electron chi connectivity index (χ2n) is 16.1. The van der Waals surface area contributed by atoms with Crippen LogP contribution in [0.4, 0.5) is 0 Å². The van der Waals surface area contributed by atoms with Crippen molar-refractivity contribution in [1.29, 1.82) is 0 Å². The molecule has 0 bridgehead atoms. The molecule has 244 valence electrons. The zero-order chi connectivity index (χ0) is 30.4. The lowest BCUT2D eigenvalue weighted by Crippen LogP contribution is -2.62. The Morgan fingerprint density at radius 1 is 0.814 bits per heavy atom. The normalized spacial score (nSPS) is 43.3. The SMILES string of the molecule is CCCCCCCC(=O)N1CCC[C@H]1C(=O)N1CCN([C@H]2C[C@@]3(C)[C@@H](CC[C@@H]4[C@@H]3CC[C@]3(C)[C@@H](O)CC[C@@H]43)C[C@@H]2O)CC1. The quantitative estimate of drug-likeness (QED) is 0.374. The van der Waals surface area contributed by atoms with Crippen molar-refractivity contribution >= 4 is 11.8 Å². The van der Waals surface area contributed by atoms with Crippen molar-refractivity contribution in [3.8, 4) is 0 Å². The number of hydrogen-bond donors (Lipinski definition) is 2. The molecule has 4 saturated carbocycles. The predicted molar refractivity (Wildman–Crippen MR) is 169 cm³/mol. The van der Waals surface area contributed by atoms with Gasteiger partial charge in [0.2, 0.25) is 11.8 Å². The van der Waals surface area contributed by atoms with E-state index in [1.54, 1.807) is 0 Å². The minimum Gasteiger partial charge on any atom is -0.393 e. The fourth-order valence-corrected chi connectivity index (χ4v) is 11.5. The smallest absolute Gasteiger partial charge is 0.245 e. The summed E-state index contributed by atoms with van der Waals surface area (Å²) in [5.41, 5.74) is 0.352. The molecule has 7 nitrogen and oxygen atoms in total. The summed E-state index contributed by atoms with van der Waals surface area (Å²) in [6.07, 6.45) is 16.5. The minimum absolute atomic E-state index is 0.106. The van der Waals surface area contributed by atoms with Gasteiger partial charge in [0.15, 0.2) is 0 Å². The molecule has 2 N–H and O–H groups in total. The van der Waals surface area contributed by atoms with Crippen LogP contribution in [0.2, 0.25) is 0 Å². The number of hydrogen-bond acceptors (Lipinski definition) is 5. The van der Waals surface area contributed by atoms with Gasteiger partial charge in [-0.1, -0.05) is 46.5 Å². The lowest BCUT2D eigenvalue weighted by Gasteiger charge is -2.62. The highest BCUT2D eigenvalue weighted by Crippen LogP contribution is 2.66. The molecular weight excluding hydrogens is 538 g/mol. The highest BCUT2D eigenvalue weighted by Gasteiger charge is 2.61. The Hall–Kier alpha value is -1.18. The van der Waals surface area contributed by atoms with Crippen LogP contribution in [0.3, 0.4) is 0 Å². The van der Waals surface area contributed by atoms with E-state index < -0.39 is 0 Å². The van der Waals surface area contributed by atoms with Gasteiger partial charge in [-0.3, -0.25) is 14.5 Å². The van der Waals surface area contributed by atoms with Gasteiger partial charge in [-0.15, -0.1) is 0 Å². The van der Waals surface area contributed by atoms with Gasteiger partial charge in [0.1, 0.15) is 6.04 Å². The Balaban J connectivity index is 1.05. The van der Waals surface area contributed by atoms with Crippen molar-refractivity contribution in [2.45, 2.75) is 148 Å². The van der Waals surface area contributed by atoms with Gasteiger partial charge >= 0.3 is 0 Å². The summed E-state index contributed by atoms with van der Waals surface area (Å²) < 4.78 is 0. The average molecular weight is 600 g/mol. The summed E-state index contributed by atoms with van der Waals surface area (Å²) in [4.78, 5) is 33.1. The standard InChI is InChI=1S/C36H61N3O4/c1-4-5-6-7-8-11-33(42)39-18-9-10-29(39)34(43)38-21-19-37(20-22-38)30-24-36(3)25(23-31(30)40)12-13-26-27-14-15-32(41)35(27,2)17-16-28(26)36/h25-32,40-41H,4-24H2,1-3H3/t25-,26-,27-,28-,29-,30-,31-,32-,35-,36-/m0/s1. The number of rotatable bonds is 8. The topological polar surface area (TPSA) is 84.3 Å². The van der Waals surface area contributed by atoms with Gasteiger partial charge in [-0.2, -0.15) is 0 Å². The molecule has 4 aliphatic carbocycles. The number of amides is 2. The summed E-state index contributed by atoms with van der Waals surface area (Å²) >= 11 is 0. The van der Waals surface area contributed by atoms with Crippen LogP contribution in [0.1, 0.15) is 124 Å². The Labute approximate surface area is 261 Å². The van der Waals surface area contributed by atoms with Crippen LogP contribution in [-0.2, 0) is 9.59 Å². The minimum atomic E-state index is -0.292. The van der Waals surface area contributed by atoms with Gasteiger partial charge in [-0.05, 0) is 105 Å². The van der Waals surface area contributed by atoms with E-state index in [1.165, 1.54) is 44.9 Å². The molecule has 0 radical (unpaired) electrons. The van der Waals surface area contributed by atoms with E-state index in [2.05, 4.69) is 25.7 Å². The summed E-state index contributed by atoms with van der Waals surface area (Å²) in [7, 11) is 0. The number of piperazine rings is 1. The maximum absolute atomic E-state index is 13.7. The van der Waals surface area contributed by atoms with Gasteiger partial charge in [0.25, 0.3) is 0 Å². The summed E-state index contributed by atoms with van der Waals surface area (Å²) in [6.45, 7) is 10.9. The van der Waals surface area contributed by atoms with E-state index in [9.17, 15) is 19.8 Å². The third kappa shape index (κ3) is 5.82. The number of unbranched alkanes of at least 4 members (excludes halogenated alkanes) is 4. The third-order valence-corrected chi connectivity index (χ3v) is 14.1. The molecule has 43 heavy (non-hydrogen) atoms. The summed E-state index contributed by atoms with van der Waals surface area (Å²) in [5, 5.41) is 22.3. The number of aliphatic hydroxyl groups is 2. The molecule has 0 aromatic carbocycles. The van der Waals surface area contributed by atoms with Crippen LogP contribution in [0, 0.1) is 34.5 Å². The third-order valence-electron chi connectivity index (χ3n) is 14.1. The molecule has 6 aliphatic rings. The van der Waals surface area contributed by atoms with E-state index in [0.717, 1.165) is 76.9 Å². The lowest BCUT2D eigenvalue weighted by atomic mass is 9.44. The highest BCUT2D eigenvalue weighted by molar-refractivity contribution is 5.88.